The Morgan fingerprint density at radius 1 is 0.706 bits per heavy atom. The third-order valence-electron chi connectivity index (χ3n) is 9.20. The average Bonchev–Trinajstić information content (AvgIpc) is 3.39. The van der Waals surface area contributed by atoms with Gasteiger partial charge < -0.3 is 34.6 Å². The Bertz CT molecular complexity index is 1340. The van der Waals surface area contributed by atoms with Crippen LogP contribution in [0.5, 0.6) is 0 Å². The summed E-state index contributed by atoms with van der Waals surface area (Å²) in [6.45, 7) is 5.57. The zero-order valence-electron chi connectivity index (χ0n) is 30.8. The van der Waals surface area contributed by atoms with E-state index in [2.05, 4.69) is 29.6 Å². The second kappa shape index (κ2) is 22.4. The highest BCUT2D eigenvalue weighted by atomic mass is 32.2. The smallest absolute Gasteiger partial charge is 0.407 e. The van der Waals surface area contributed by atoms with E-state index in [0.29, 0.717) is 24.5 Å². The van der Waals surface area contributed by atoms with Gasteiger partial charge in [-0.1, -0.05) is 106 Å². The Hall–Kier alpha value is -3.53. The van der Waals surface area contributed by atoms with E-state index in [0.717, 1.165) is 98.6 Å². The van der Waals surface area contributed by atoms with Crippen molar-refractivity contribution >= 4 is 35.8 Å². The van der Waals surface area contributed by atoms with E-state index in [1.165, 1.54) is 0 Å². The number of nitrogens with one attached hydrogen (secondary N) is 1. The maximum Gasteiger partial charge on any atom is 0.407 e. The molecular weight excluding hydrogens is 667 g/mol. The van der Waals surface area contributed by atoms with Gasteiger partial charge in [0.2, 0.25) is 0 Å². The molecule has 0 aromatic heterocycles. The van der Waals surface area contributed by atoms with Crippen LogP contribution < -0.4 is 15.5 Å². The molecule has 51 heavy (non-hydrogen) atoms. The number of carboxylic acid groups (broad SMARTS) is 2. The van der Waals surface area contributed by atoms with Gasteiger partial charge in [-0.15, -0.1) is 0 Å². The highest BCUT2D eigenvalue weighted by Crippen LogP contribution is 2.44. The summed E-state index contributed by atoms with van der Waals surface area (Å²) in [4.78, 5) is 47.8. The first-order valence-corrected chi connectivity index (χ1v) is 19.9. The van der Waals surface area contributed by atoms with Crippen LogP contribution in [-0.4, -0.2) is 53.8 Å². The number of benzene rings is 2. The fourth-order valence-corrected chi connectivity index (χ4v) is 7.89. The summed E-state index contributed by atoms with van der Waals surface area (Å²) in [5.41, 5.74) is 3.81. The van der Waals surface area contributed by atoms with Crippen LogP contribution in [0.25, 0.3) is 11.1 Å². The summed E-state index contributed by atoms with van der Waals surface area (Å²) in [7, 11) is 0. The second-order valence-electron chi connectivity index (χ2n) is 14.7. The van der Waals surface area contributed by atoms with Crippen LogP contribution in [0.15, 0.2) is 48.5 Å². The van der Waals surface area contributed by atoms with Crippen molar-refractivity contribution in [1.29, 1.82) is 0 Å². The Labute approximate surface area is 308 Å². The first-order chi connectivity index (χ1) is 24.4. The van der Waals surface area contributed by atoms with Gasteiger partial charge in [0, 0.05) is 23.6 Å². The lowest BCUT2D eigenvalue weighted by atomic mass is 9.95. The average molecular weight is 724 g/mol. The van der Waals surface area contributed by atoms with E-state index in [1.54, 1.807) is 32.5 Å². The fraction of sp³-hybridized carbons (Fsp3) is 0.610. The maximum atomic E-state index is 13.3. The van der Waals surface area contributed by atoms with Crippen LogP contribution in [0, 0.1) is 5.92 Å². The predicted octanol–water partition coefficient (Wildman–Crippen LogP) is 6.94. The number of ether oxygens (including phenoxy) is 2. The van der Waals surface area contributed by atoms with Gasteiger partial charge in [0.15, 0.2) is 0 Å². The van der Waals surface area contributed by atoms with E-state index in [-0.39, 0.29) is 25.4 Å². The molecule has 2 aromatic rings. The fourth-order valence-electron chi connectivity index (χ4n) is 6.63. The number of carbonyl (C=O) groups is 4. The van der Waals surface area contributed by atoms with Gasteiger partial charge >= 0.3 is 12.1 Å². The van der Waals surface area contributed by atoms with Crippen molar-refractivity contribution in [3.8, 4) is 11.1 Å². The summed E-state index contributed by atoms with van der Waals surface area (Å²) in [5, 5.41) is 24.1. The Morgan fingerprint density at radius 3 is 1.67 bits per heavy atom. The number of alkyl carbamates (subject to hydrolysis) is 1. The number of carbonyl (C=O) groups excluding carboxylic acids is 4. The van der Waals surface area contributed by atoms with E-state index < -0.39 is 35.6 Å². The molecule has 9 nitrogen and oxygen atoms in total. The molecule has 3 rings (SSSR count). The van der Waals surface area contributed by atoms with Crippen LogP contribution in [0.1, 0.15) is 134 Å². The van der Waals surface area contributed by atoms with Gasteiger partial charge in [-0.3, -0.25) is 0 Å². The Kier molecular flexibility index (Phi) is 18.4. The van der Waals surface area contributed by atoms with Crippen LogP contribution in [-0.2, 0) is 23.9 Å². The molecule has 1 aliphatic rings. The molecule has 0 heterocycles. The Balaban J connectivity index is 1.53. The van der Waals surface area contributed by atoms with Gasteiger partial charge in [0.05, 0.1) is 0 Å². The monoisotopic (exact) mass is 723 g/mol. The van der Waals surface area contributed by atoms with Crippen LogP contribution >= 0.6 is 11.8 Å². The quantitative estimate of drug-likeness (QED) is 0.0851. The molecule has 0 radical (unpaired) electrons. The van der Waals surface area contributed by atoms with Gasteiger partial charge in [-0.2, -0.15) is 11.8 Å². The summed E-state index contributed by atoms with van der Waals surface area (Å²) in [6.07, 6.45) is 12.1. The molecule has 0 unspecified atom stereocenters. The van der Waals surface area contributed by atoms with E-state index in [9.17, 15) is 29.4 Å². The number of aliphatic carboxylic acids is 2. The molecule has 1 N–H and O–H groups in total. The number of hydrogen-bond acceptors (Lipinski definition) is 9. The molecule has 1 aliphatic carbocycles. The number of amides is 1. The molecule has 0 fully saturated rings. The molecule has 2 aromatic carbocycles. The number of fused-ring (bicyclic) bond motifs is 3. The van der Waals surface area contributed by atoms with Crippen molar-refractivity contribution in [3.63, 3.8) is 0 Å². The van der Waals surface area contributed by atoms with Crippen molar-refractivity contribution in [2.75, 3.05) is 18.1 Å². The van der Waals surface area contributed by atoms with E-state index in [4.69, 9.17) is 9.47 Å². The molecule has 1 amide bonds. The van der Waals surface area contributed by atoms with Gasteiger partial charge in [0.25, 0.3) is 0 Å². The van der Waals surface area contributed by atoms with Crippen molar-refractivity contribution in [3.05, 3.63) is 59.7 Å². The highest BCUT2D eigenvalue weighted by Gasteiger charge is 2.31. The number of thioether (sulfide) groups is 1. The minimum Gasteiger partial charge on any atom is -0.550 e. The number of carboxylic acids is 2. The topological polar surface area (TPSA) is 145 Å². The van der Waals surface area contributed by atoms with Crippen LogP contribution in [0.2, 0.25) is 0 Å². The van der Waals surface area contributed by atoms with Crippen molar-refractivity contribution < 1.29 is 38.9 Å². The number of unbranched alkanes of at least 4 members (excludes halogenated alkanes) is 9. The molecule has 0 spiro atoms. The molecule has 282 valence electrons. The largest absolute Gasteiger partial charge is 0.550 e. The molecule has 0 saturated heterocycles. The number of hydrogen-bond donors (Lipinski definition) is 1. The lowest BCUT2D eigenvalue weighted by Gasteiger charge is -2.25. The number of rotatable bonds is 25. The maximum absolute atomic E-state index is 13.3. The first kappa shape index (κ1) is 41.9. The molecular formula is C41H57NO8S-2. The van der Waals surface area contributed by atoms with Crippen LogP contribution in [0.4, 0.5) is 4.79 Å². The van der Waals surface area contributed by atoms with Gasteiger partial charge in [-0.25, -0.2) is 9.59 Å². The van der Waals surface area contributed by atoms with Crippen molar-refractivity contribution in [1.82, 2.24) is 5.32 Å². The van der Waals surface area contributed by atoms with Crippen molar-refractivity contribution in [2.45, 2.75) is 135 Å². The third kappa shape index (κ3) is 16.1. The molecule has 0 aliphatic heterocycles. The molecule has 0 bridgehead atoms. The molecule has 10 heteroatoms. The second-order valence-corrected chi connectivity index (χ2v) is 15.7. The van der Waals surface area contributed by atoms with Crippen LogP contribution in [0.3, 0.4) is 0 Å². The van der Waals surface area contributed by atoms with E-state index >= 15 is 0 Å². The summed E-state index contributed by atoms with van der Waals surface area (Å²) < 4.78 is 11.5. The SMILES string of the molecule is CC(C)(C)OC(=O)[C@H](CSC[C@H](CCCCCCCCC(=O)[O-])CCCCCCCC(=O)[O-])NC(=O)OCC1c2ccccc2-c2ccccc21. The summed E-state index contributed by atoms with van der Waals surface area (Å²) in [6, 6.07) is 15.4. The zero-order valence-corrected chi connectivity index (χ0v) is 31.6. The van der Waals surface area contributed by atoms with E-state index in [1.807, 2.05) is 24.3 Å². The normalized spacial score (nSPS) is 13.5. The highest BCUT2D eigenvalue weighted by molar-refractivity contribution is 7.99. The number of esters is 1. The van der Waals surface area contributed by atoms with Crippen molar-refractivity contribution in [2.24, 2.45) is 5.92 Å². The minimum atomic E-state index is -0.996. The molecule has 2 atom stereocenters. The zero-order chi connectivity index (χ0) is 37.1. The van der Waals surface area contributed by atoms with Gasteiger partial charge in [-0.05, 0) is 93.2 Å². The van der Waals surface area contributed by atoms with Gasteiger partial charge in [0.1, 0.15) is 18.2 Å². The predicted molar refractivity (Wildman–Crippen MR) is 198 cm³/mol. The standard InChI is InChI=1S/C41H59NO8S/c1-41(2,3)50-39(47)36(42-40(48)49-27-35-33-23-17-15-21-31(33)32-22-16-18-24-34(32)35)29-51-28-30(20-12-8-6-10-14-26-38(45)46)19-11-7-4-5-9-13-25-37(43)44/h15-18,21-24,30,35-36H,4-14,19-20,25-29H2,1-3H3,(H,42,48)(H,43,44)(H,45,46)/p-2/t30-,36+/m1/s1. The minimum absolute atomic E-state index is 0.0884. The lowest BCUT2D eigenvalue weighted by molar-refractivity contribution is -0.307. The lowest BCUT2D eigenvalue weighted by Crippen LogP contribution is -2.46. The summed E-state index contributed by atoms with van der Waals surface area (Å²) in [5.74, 6) is -0.936. The molecule has 0 saturated carbocycles. The Morgan fingerprint density at radius 2 is 1.18 bits per heavy atom. The first-order valence-electron chi connectivity index (χ1n) is 18.8. The summed E-state index contributed by atoms with van der Waals surface area (Å²) >= 11 is 1.64. The third-order valence-corrected chi connectivity index (χ3v) is 10.5.